The van der Waals surface area contributed by atoms with Crippen LogP contribution in [0.4, 0.5) is 10.2 Å². The minimum atomic E-state index is -0.268. The average molecular weight is 288 g/mol. The summed E-state index contributed by atoms with van der Waals surface area (Å²) in [7, 11) is 0. The first kappa shape index (κ1) is 11.8. The van der Waals surface area contributed by atoms with Gasteiger partial charge in [0.25, 0.3) is 0 Å². The number of piperazine rings is 1. The van der Waals surface area contributed by atoms with Gasteiger partial charge in [0, 0.05) is 35.8 Å². The Hall–Kier alpha value is -0.680. The van der Waals surface area contributed by atoms with Crippen molar-refractivity contribution in [2.75, 3.05) is 18.0 Å². The van der Waals surface area contributed by atoms with E-state index in [0.717, 1.165) is 13.1 Å². The SMILES string of the molecule is CC1CN(c2ncc(Br)cc2F)CC(C)N1. The van der Waals surface area contributed by atoms with Crippen molar-refractivity contribution in [1.29, 1.82) is 0 Å². The van der Waals surface area contributed by atoms with Crippen LogP contribution in [-0.2, 0) is 0 Å². The number of rotatable bonds is 1. The van der Waals surface area contributed by atoms with Crippen LogP contribution in [0.5, 0.6) is 0 Å². The summed E-state index contributed by atoms with van der Waals surface area (Å²) in [4.78, 5) is 6.14. The topological polar surface area (TPSA) is 28.2 Å². The van der Waals surface area contributed by atoms with Crippen LogP contribution in [0.3, 0.4) is 0 Å². The fraction of sp³-hybridized carbons (Fsp3) is 0.545. The third-order valence-electron chi connectivity index (χ3n) is 2.65. The number of nitrogens with zero attached hydrogens (tertiary/aromatic N) is 2. The molecule has 0 saturated carbocycles. The van der Waals surface area contributed by atoms with Crippen LogP contribution in [0.2, 0.25) is 0 Å². The van der Waals surface area contributed by atoms with Crippen molar-refractivity contribution in [3.8, 4) is 0 Å². The summed E-state index contributed by atoms with van der Waals surface area (Å²) in [6, 6.07) is 2.17. The van der Waals surface area contributed by atoms with Gasteiger partial charge in [-0.2, -0.15) is 0 Å². The maximum atomic E-state index is 13.7. The smallest absolute Gasteiger partial charge is 0.166 e. The van der Waals surface area contributed by atoms with E-state index in [1.165, 1.54) is 6.07 Å². The molecular formula is C11H15BrFN3. The predicted molar refractivity (Wildman–Crippen MR) is 66.2 cm³/mol. The molecule has 1 aliphatic rings. The minimum Gasteiger partial charge on any atom is -0.351 e. The molecular weight excluding hydrogens is 273 g/mol. The van der Waals surface area contributed by atoms with Gasteiger partial charge in [0.15, 0.2) is 11.6 Å². The van der Waals surface area contributed by atoms with Crippen LogP contribution >= 0.6 is 15.9 Å². The van der Waals surface area contributed by atoms with Crippen LogP contribution < -0.4 is 10.2 Å². The van der Waals surface area contributed by atoms with Crippen molar-refractivity contribution >= 4 is 21.7 Å². The second-order valence-corrected chi connectivity index (χ2v) is 5.25. The Bertz CT molecular complexity index is 375. The van der Waals surface area contributed by atoms with Crippen molar-refractivity contribution in [2.24, 2.45) is 0 Å². The van der Waals surface area contributed by atoms with Crippen molar-refractivity contribution in [2.45, 2.75) is 25.9 Å². The number of nitrogens with one attached hydrogen (secondary N) is 1. The maximum Gasteiger partial charge on any atom is 0.166 e. The van der Waals surface area contributed by atoms with Gasteiger partial charge in [-0.3, -0.25) is 0 Å². The van der Waals surface area contributed by atoms with Crippen molar-refractivity contribution in [1.82, 2.24) is 10.3 Å². The highest BCUT2D eigenvalue weighted by atomic mass is 79.9. The molecule has 1 N–H and O–H groups in total. The molecule has 3 nitrogen and oxygen atoms in total. The van der Waals surface area contributed by atoms with Gasteiger partial charge in [0.1, 0.15) is 0 Å². The highest BCUT2D eigenvalue weighted by Gasteiger charge is 2.23. The molecule has 2 heterocycles. The lowest BCUT2D eigenvalue weighted by Gasteiger charge is -2.36. The van der Waals surface area contributed by atoms with Gasteiger partial charge in [0.05, 0.1) is 0 Å². The fourth-order valence-electron chi connectivity index (χ4n) is 2.14. The number of hydrogen-bond acceptors (Lipinski definition) is 3. The van der Waals surface area contributed by atoms with E-state index in [1.54, 1.807) is 6.20 Å². The number of halogens is 2. The normalized spacial score (nSPS) is 25.9. The lowest BCUT2D eigenvalue weighted by atomic mass is 10.1. The Labute approximate surface area is 103 Å². The molecule has 2 atom stereocenters. The second kappa shape index (κ2) is 4.67. The maximum absolute atomic E-state index is 13.7. The molecule has 0 spiro atoms. The number of aromatic nitrogens is 1. The second-order valence-electron chi connectivity index (χ2n) is 4.33. The standard InChI is InChI=1S/C11H15BrFN3/c1-7-5-16(6-8(2)15-7)11-10(13)3-9(12)4-14-11/h3-4,7-8,15H,5-6H2,1-2H3. The van der Waals surface area contributed by atoms with Gasteiger partial charge in [-0.25, -0.2) is 9.37 Å². The zero-order chi connectivity index (χ0) is 11.7. The van der Waals surface area contributed by atoms with E-state index < -0.39 is 0 Å². The van der Waals surface area contributed by atoms with E-state index in [9.17, 15) is 4.39 Å². The Morgan fingerprint density at radius 3 is 2.62 bits per heavy atom. The molecule has 1 aliphatic heterocycles. The Kier molecular flexibility index (Phi) is 3.44. The predicted octanol–water partition coefficient (Wildman–Crippen LogP) is 2.17. The Balaban J connectivity index is 2.23. The molecule has 1 fully saturated rings. The first-order chi connectivity index (χ1) is 7.56. The molecule has 2 unspecified atom stereocenters. The van der Waals surface area contributed by atoms with Gasteiger partial charge in [-0.1, -0.05) is 0 Å². The van der Waals surface area contributed by atoms with Crippen LogP contribution in [0.1, 0.15) is 13.8 Å². The van der Waals surface area contributed by atoms with Gasteiger partial charge in [0.2, 0.25) is 0 Å². The first-order valence-corrected chi connectivity index (χ1v) is 6.17. The van der Waals surface area contributed by atoms with Crippen LogP contribution in [0, 0.1) is 5.82 Å². The van der Waals surface area contributed by atoms with Gasteiger partial charge in [-0.05, 0) is 35.8 Å². The van der Waals surface area contributed by atoms with Gasteiger partial charge >= 0.3 is 0 Å². The molecule has 1 saturated heterocycles. The molecule has 0 radical (unpaired) electrons. The number of pyridine rings is 1. The largest absolute Gasteiger partial charge is 0.351 e. The van der Waals surface area contributed by atoms with E-state index in [-0.39, 0.29) is 5.82 Å². The summed E-state index contributed by atoms with van der Waals surface area (Å²) in [5.74, 6) is 0.180. The molecule has 1 aromatic rings. The van der Waals surface area contributed by atoms with E-state index in [4.69, 9.17) is 0 Å². The van der Waals surface area contributed by atoms with Gasteiger partial charge < -0.3 is 10.2 Å². The van der Waals surface area contributed by atoms with Crippen LogP contribution in [-0.4, -0.2) is 30.2 Å². The molecule has 2 rings (SSSR count). The number of hydrogen-bond donors (Lipinski definition) is 1. The molecule has 0 amide bonds. The van der Waals surface area contributed by atoms with Gasteiger partial charge in [-0.15, -0.1) is 0 Å². The molecule has 0 aromatic carbocycles. The van der Waals surface area contributed by atoms with Crippen molar-refractivity contribution in [3.63, 3.8) is 0 Å². The van der Waals surface area contributed by atoms with E-state index >= 15 is 0 Å². The molecule has 5 heteroatoms. The lowest BCUT2D eigenvalue weighted by Crippen LogP contribution is -2.54. The highest BCUT2D eigenvalue weighted by Crippen LogP contribution is 2.21. The van der Waals surface area contributed by atoms with Crippen LogP contribution in [0.15, 0.2) is 16.7 Å². The zero-order valence-corrected chi connectivity index (χ0v) is 11.0. The quantitative estimate of drug-likeness (QED) is 0.858. The van der Waals surface area contributed by atoms with E-state index in [1.807, 2.05) is 4.90 Å². The average Bonchev–Trinajstić information content (AvgIpc) is 2.15. The summed E-state index contributed by atoms with van der Waals surface area (Å²) in [6.45, 7) is 5.77. The minimum absolute atomic E-state index is 0.268. The third kappa shape index (κ3) is 2.52. The molecule has 0 bridgehead atoms. The Morgan fingerprint density at radius 1 is 1.44 bits per heavy atom. The van der Waals surface area contributed by atoms with E-state index in [2.05, 4.69) is 40.1 Å². The van der Waals surface area contributed by atoms with Crippen molar-refractivity contribution in [3.05, 3.63) is 22.6 Å². The fourth-order valence-corrected chi connectivity index (χ4v) is 2.44. The summed E-state index contributed by atoms with van der Waals surface area (Å²) in [5, 5.41) is 3.41. The van der Waals surface area contributed by atoms with Crippen LogP contribution in [0.25, 0.3) is 0 Å². The van der Waals surface area contributed by atoms with Crippen molar-refractivity contribution < 1.29 is 4.39 Å². The highest BCUT2D eigenvalue weighted by molar-refractivity contribution is 9.10. The lowest BCUT2D eigenvalue weighted by molar-refractivity contribution is 0.401. The zero-order valence-electron chi connectivity index (χ0n) is 9.37. The third-order valence-corrected chi connectivity index (χ3v) is 3.08. The summed E-state index contributed by atoms with van der Waals surface area (Å²) in [6.07, 6.45) is 1.63. The van der Waals surface area contributed by atoms with E-state index in [0.29, 0.717) is 22.4 Å². The molecule has 0 aliphatic carbocycles. The Morgan fingerprint density at radius 2 is 2.06 bits per heavy atom. The number of anilines is 1. The molecule has 16 heavy (non-hydrogen) atoms. The molecule has 88 valence electrons. The summed E-state index contributed by atoms with van der Waals surface area (Å²) >= 11 is 3.21. The summed E-state index contributed by atoms with van der Waals surface area (Å²) < 4.78 is 14.4. The molecule has 1 aromatic heterocycles. The summed E-state index contributed by atoms with van der Waals surface area (Å²) in [5.41, 5.74) is 0. The monoisotopic (exact) mass is 287 g/mol. The first-order valence-electron chi connectivity index (χ1n) is 5.38.